The Morgan fingerprint density at radius 1 is 0.973 bits per heavy atom. The Bertz CT molecular complexity index is 1260. The van der Waals surface area contributed by atoms with Crippen molar-refractivity contribution in [3.05, 3.63) is 88.4 Å². The van der Waals surface area contributed by atoms with Crippen LogP contribution in [0, 0.1) is 6.92 Å². The van der Waals surface area contributed by atoms with Gasteiger partial charge in [0.05, 0.1) is 6.04 Å². The van der Waals surface area contributed by atoms with Crippen LogP contribution in [0.1, 0.15) is 58.0 Å². The van der Waals surface area contributed by atoms with Crippen molar-refractivity contribution < 1.29 is 18.7 Å². The van der Waals surface area contributed by atoms with Crippen LogP contribution in [0.2, 0.25) is 0 Å². The quantitative estimate of drug-likeness (QED) is 0.500. The SMILES string of the molecule is CCC(=O)N1CCc2ccc(OCc3ccc(C(=O)N4CCN(C)CC4)o3)cc2[C@@H]1c1ccc(C)cc1. The fourth-order valence-electron chi connectivity index (χ4n) is 5.15. The minimum absolute atomic E-state index is 0.0743. The molecule has 5 rings (SSSR count). The molecule has 2 amide bonds. The maximum Gasteiger partial charge on any atom is 0.289 e. The summed E-state index contributed by atoms with van der Waals surface area (Å²) in [6, 6.07) is 17.9. The van der Waals surface area contributed by atoms with Gasteiger partial charge >= 0.3 is 0 Å². The number of ether oxygens (including phenoxy) is 1. The monoisotopic (exact) mass is 501 g/mol. The molecule has 0 unspecified atom stereocenters. The van der Waals surface area contributed by atoms with Crippen molar-refractivity contribution in [2.45, 2.75) is 39.3 Å². The fraction of sp³-hybridized carbons (Fsp3) is 0.400. The standard InChI is InChI=1S/C30H35N3O4/c1-4-28(34)33-14-13-22-9-10-24(19-26(22)29(33)23-7-5-21(2)6-8-23)36-20-25-11-12-27(37-25)30(35)32-17-15-31(3)16-18-32/h5-12,19,29H,4,13-18,20H2,1-3H3/t29-/m0/s1. The Balaban J connectivity index is 1.33. The lowest BCUT2D eigenvalue weighted by atomic mass is 9.87. The molecule has 0 radical (unpaired) electrons. The molecule has 1 atom stereocenters. The minimum atomic E-state index is -0.142. The van der Waals surface area contributed by atoms with E-state index < -0.39 is 0 Å². The summed E-state index contributed by atoms with van der Waals surface area (Å²) in [5, 5.41) is 0. The molecule has 0 saturated carbocycles. The van der Waals surface area contributed by atoms with Gasteiger partial charge in [-0.3, -0.25) is 9.59 Å². The van der Waals surface area contributed by atoms with E-state index in [0.29, 0.717) is 43.3 Å². The number of carbonyl (C=O) groups is 2. The van der Waals surface area contributed by atoms with Crippen LogP contribution in [-0.4, -0.2) is 66.3 Å². The van der Waals surface area contributed by atoms with Crippen LogP contribution >= 0.6 is 0 Å². The Kier molecular flexibility index (Phi) is 7.33. The van der Waals surface area contributed by atoms with Gasteiger partial charge in [-0.05, 0) is 61.3 Å². The molecule has 0 spiro atoms. The largest absolute Gasteiger partial charge is 0.486 e. The molecular weight excluding hydrogens is 466 g/mol. The third kappa shape index (κ3) is 5.42. The lowest BCUT2D eigenvalue weighted by Crippen LogP contribution is -2.47. The summed E-state index contributed by atoms with van der Waals surface area (Å²) in [5.41, 5.74) is 4.62. The highest BCUT2D eigenvalue weighted by molar-refractivity contribution is 5.91. The first kappa shape index (κ1) is 25.1. The van der Waals surface area contributed by atoms with Gasteiger partial charge < -0.3 is 23.9 Å². The second-order valence-corrected chi connectivity index (χ2v) is 10.0. The van der Waals surface area contributed by atoms with Gasteiger partial charge in [0.25, 0.3) is 5.91 Å². The van der Waals surface area contributed by atoms with Gasteiger partial charge in [-0.1, -0.05) is 42.8 Å². The van der Waals surface area contributed by atoms with Crippen molar-refractivity contribution in [1.29, 1.82) is 0 Å². The number of aryl methyl sites for hydroxylation is 1. The van der Waals surface area contributed by atoms with Gasteiger partial charge in [0.2, 0.25) is 5.91 Å². The van der Waals surface area contributed by atoms with E-state index in [1.54, 1.807) is 12.1 Å². The number of benzene rings is 2. The van der Waals surface area contributed by atoms with Crippen LogP contribution in [0.25, 0.3) is 0 Å². The number of rotatable bonds is 6. The van der Waals surface area contributed by atoms with Crippen molar-refractivity contribution in [3.63, 3.8) is 0 Å². The summed E-state index contributed by atoms with van der Waals surface area (Å²) in [6.45, 7) is 8.05. The summed E-state index contributed by atoms with van der Waals surface area (Å²) < 4.78 is 11.9. The molecule has 2 aromatic carbocycles. The lowest BCUT2D eigenvalue weighted by Gasteiger charge is -2.38. The molecule has 7 nitrogen and oxygen atoms in total. The van der Waals surface area contributed by atoms with Crippen molar-refractivity contribution in [3.8, 4) is 5.75 Å². The molecule has 2 aliphatic rings. The van der Waals surface area contributed by atoms with Crippen molar-refractivity contribution in [1.82, 2.24) is 14.7 Å². The number of hydrogen-bond donors (Lipinski definition) is 0. The number of nitrogens with zero attached hydrogens (tertiary/aromatic N) is 3. The highest BCUT2D eigenvalue weighted by Crippen LogP contribution is 2.37. The van der Waals surface area contributed by atoms with Crippen LogP contribution in [0.4, 0.5) is 0 Å². The zero-order valence-corrected chi connectivity index (χ0v) is 21.9. The first-order valence-corrected chi connectivity index (χ1v) is 13.1. The van der Waals surface area contributed by atoms with Gasteiger partial charge in [0.15, 0.2) is 5.76 Å². The summed E-state index contributed by atoms with van der Waals surface area (Å²) in [6.07, 6.45) is 1.29. The first-order chi connectivity index (χ1) is 17.9. The summed E-state index contributed by atoms with van der Waals surface area (Å²) >= 11 is 0. The molecule has 194 valence electrons. The van der Waals surface area contributed by atoms with Crippen LogP contribution < -0.4 is 4.74 Å². The van der Waals surface area contributed by atoms with E-state index >= 15 is 0 Å². The Morgan fingerprint density at radius 2 is 1.73 bits per heavy atom. The van der Waals surface area contributed by atoms with E-state index in [1.165, 1.54) is 11.1 Å². The second-order valence-electron chi connectivity index (χ2n) is 10.0. The Morgan fingerprint density at radius 3 is 2.46 bits per heavy atom. The summed E-state index contributed by atoms with van der Waals surface area (Å²) in [7, 11) is 2.06. The fourth-order valence-corrected chi connectivity index (χ4v) is 5.15. The van der Waals surface area contributed by atoms with Gasteiger partial charge in [0, 0.05) is 39.1 Å². The number of likely N-dealkylation sites (N-methyl/N-ethyl adjacent to an activating group) is 1. The normalized spacial score (nSPS) is 18.0. The third-order valence-electron chi connectivity index (χ3n) is 7.41. The highest BCUT2D eigenvalue weighted by Gasteiger charge is 2.31. The predicted octanol–water partition coefficient (Wildman–Crippen LogP) is 4.44. The van der Waals surface area contributed by atoms with Crippen molar-refractivity contribution in [2.75, 3.05) is 39.8 Å². The van der Waals surface area contributed by atoms with Gasteiger partial charge in [-0.25, -0.2) is 0 Å². The molecule has 0 aliphatic carbocycles. The zero-order valence-electron chi connectivity index (χ0n) is 21.9. The van der Waals surface area contributed by atoms with E-state index in [0.717, 1.165) is 30.6 Å². The van der Waals surface area contributed by atoms with Gasteiger partial charge in [-0.15, -0.1) is 0 Å². The van der Waals surface area contributed by atoms with Crippen molar-refractivity contribution in [2.24, 2.45) is 0 Å². The molecular formula is C30H35N3O4. The predicted molar refractivity (Wildman–Crippen MR) is 142 cm³/mol. The molecule has 2 aliphatic heterocycles. The molecule has 0 N–H and O–H groups in total. The van der Waals surface area contributed by atoms with E-state index in [-0.39, 0.29) is 24.5 Å². The first-order valence-electron chi connectivity index (χ1n) is 13.1. The molecule has 1 saturated heterocycles. The summed E-state index contributed by atoms with van der Waals surface area (Å²) in [4.78, 5) is 31.7. The van der Waals surface area contributed by atoms with Gasteiger partial charge in [-0.2, -0.15) is 0 Å². The Labute approximate surface area is 218 Å². The smallest absolute Gasteiger partial charge is 0.289 e. The Hall–Kier alpha value is -3.58. The average Bonchev–Trinajstić information content (AvgIpc) is 3.40. The molecule has 1 aromatic heterocycles. The molecule has 7 heteroatoms. The minimum Gasteiger partial charge on any atom is -0.486 e. The maximum absolute atomic E-state index is 12.9. The molecule has 0 bridgehead atoms. The lowest BCUT2D eigenvalue weighted by molar-refractivity contribution is -0.132. The maximum atomic E-state index is 12.9. The van der Waals surface area contributed by atoms with Crippen LogP contribution in [0.15, 0.2) is 59.0 Å². The molecule has 3 aromatic rings. The zero-order chi connectivity index (χ0) is 25.9. The third-order valence-corrected chi connectivity index (χ3v) is 7.41. The number of fused-ring (bicyclic) bond motifs is 1. The van der Waals surface area contributed by atoms with Gasteiger partial charge in [0.1, 0.15) is 18.1 Å². The van der Waals surface area contributed by atoms with E-state index in [1.807, 2.05) is 28.9 Å². The number of piperazine rings is 1. The summed E-state index contributed by atoms with van der Waals surface area (Å²) in [5.74, 6) is 1.74. The van der Waals surface area contributed by atoms with E-state index in [9.17, 15) is 9.59 Å². The number of furan rings is 1. The van der Waals surface area contributed by atoms with Crippen LogP contribution in [0.5, 0.6) is 5.75 Å². The molecule has 37 heavy (non-hydrogen) atoms. The van der Waals surface area contributed by atoms with E-state index in [2.05, 4.69) is 49.2 Å². The van der Waals surface area contributed by atoms with Crippen LogP contribution in [0.3, 0.4) is 0 Å². The van der Waals surface area contributed by atoms with E-state index in [4.69, 9.17) is 9.15 Å². The number of hydrogen-bond acceptors (Lipinski definition) is 5. The number of amides is 2. The average molecular weight is 502 g/mol. The highest BCUT2D eigenvalue weighted by atomic mass is 16.5. The molecule has 3 heterocycles. The topological polar surface area (TPSA) is 66.2 Å². The second kappa shape index (κ2) is 10.8. The molecule has 1 fully saturated rings. The van der Waals surface area contributed by atoms with Crippen LogP contribution in [-0.2, 0) is 17.8 Å². The van der Waals surface area contributed by atoms with Crippen molar-refractivity contribution >= 4 is 11.8 Å². The number of carbonyl (C=O) groups excluding carboxylic acids is 2.